The molecule has 0 saturated heterocycles. The maximum absolute atomic E-state index is 12.4. The van der Waals surface area contributed by atoms with Crippen LogP contribution in [0.4, 0.5) is 5.69 Å². The van der Waals surface area contributed by atoms with Crippen LogP contribution >= 0.6 is 15.9 Å². The van der Waals surface area contributed by atoms with Gasteiger partial charge >= 0.3 is 0 Å². The van der Waals surface area contributed by atoms with E-state index in [0.29, 0.717) is 17.1 Å². The summed E-state index contributed by atoms with van der Waals surface area (Å²) < 4.78 is 6.51. The number of rotatable bonds is 3. The summed E-state index contributed by atoms with van der Waals surface area (Å²) in [4.78, 5) is 12.4. The molecule has 0 bridgehead atoms. The number of H-pyrrole nitrogens is 1. The molecule has 0 atom stereocenters. The van der Waals surface area contributed by atoms with Crippen molar-refractivity contribution in [1.82, 2.24) is 20.6 Å². The summed E-state index contributed by atoms with van der Waals surface area (Å²) in [7, 11) is 0. The molecule has 2 heterocycles. The van der Waals surface area contributed by atoms with Crippen LogP contribution in [-0.4, -0.2) is 26.5 Å². The first-order valence-corrected chi connectivity index (χ1v) is 7.83. The monoisotopic (exact) mass is 383 g/mol. The van der Waals surface area contributed by atoms with E-state index in [2.05, 4.69) is 41.9 Å². The molecular weight excluding hydrogens is 374 g/mol. The maximum atomic E-state index is 12.4. The Kier molecular flexibility index (Phi) is 3.58. The normalized spacial score (nSPS) is 10.9. The van der Waals surface area contributed by atoms with E-state index in [-0.39, 0.29) is 11.7 Å². The predicted molar refractivity (Wildman–Crippen MR) is 91.5 cm³/mol. The summed E-state index contributed by atoms with van der Waals surface area (Å²) in [6, 6.07) is 14.5. The molecule has 4 aromatic rings. The number of carbonyl (C=O) groups excluding carboxylic acids is 1. The van der Waals surface area contributed by atoms with Gasteiger partial charge in [0, 0.05) is 21.1 Å². The van der Waals surface area contributed by atoms with E-state index < -0.39 is 0 Å². The highest BCUT2D eigenvalue weighted by Gasteiger charge is 2.13. The summed E-state index contributed by atoms with van der Waals surface area (Å²) in [6.07, 6.45) is 0. The number of halogens is 1. The van der Waals surface area contributed by atoms with Gasteiger partial charge in [-0.15, -0.1) is 10.2 Å². The molecule has 0 fully saturated rings. The van der Waals surface area contributed by atoms with E-state index in [9.17, 15) is 4.79 Å². The quantitative estimate of drug-likeness (QED) is 0.562. The fraction of sp³-hybridized carbons (Fsp3) is 0. The van der Waals surface area contributed by atoms with Crippen molar-refractivity contribution in [2.45, 2.75) is 0 Å². The van der Waals surface area contributed by atoms with Crippen LogP contribution in [0.5, 0.6) is 0 Å². The smallest absolute Gasteiger partial charge is 0.291 e. The number of nitrogens with zero attached hydrogens (tertiary/aromatic N) is 3. The van der Waals surface area contributed by atoms with Gasteiger partial charge in [-0.2, -0.15) is 5.21 Å². The second-order valence-corrected chi connectivity index (χ2v) is 5.98. The third kappa shape index (κ3) is 2.79. The lowest BCUT2D eigenvalue weighted by atomic mass is 10.2. The van der Waals surface area contributed by atoms with Crippen LogP contribution in [0, 0.1) is 0 Å². The molecule has 2 N–H and O–H groups in total. The van der Waals surface area contributed by atoms with Crippen LogP contribution in [0.15, 0.2) is 57.4 Å². The second kappa shape index (κ2) is 5.89. The molecule has 2 aromatic heterocycles. The van der Waals surface area contributed by atoms with Crippen LogP contribution in [0.1, 0.15) is 10.6 Å². The number of tetrazole rings is 1. The summed E-state index contributed by atoms with van der Waals surface area (Å²) in [5.41, 5.74) is 2.02. The van der Waals surface area contributed by atoms with Gasteiger partial charge in [-0.25, -0.2) is 0 Å². The van der Waals surface area contributed by atoms with Gasteiger partial charge in [0.25, 0.3) is 5.91 Å². The summed E-state index contributed by atoms with van der Waals surface area (Å²) in [5, 5.41) is 17.4. The Bertz CT molecular complexity index is 1030. The minimum atomic E-state index is -0.326. The molecule has 4 rings (SSSR count). The molecule has 8 heteroatoms. The molecular formula is C16H10BrN5O2. The van der Waals surface area contributed by atoms with E-state index >= 15 is 0 Å². The van der Waals surface area contributed by atoms with E-state index in [0.717, 1.165) is 15.4 Å². The van der Waals surface area contributed by atoms with Crippen LogP contribution in [0.2, 0.25) is 0 Å². The average Bonchev–Trinajstić information content (AvgIpc) is 3.24. The highest BCUT2D eigenvalue weighted by Crippen LogP contribution is 2.24. The number of aromatic amines is 1. The average molecular weight is 384 g/mol. The number of carbonyl (C=O) groups is 1. The number of amides is 1. The largest absolute Gasteiger partial charge is 0.451 e. The number of aromatic nitrogens is 4. The Morgan fingerprint density at radius 3 is 2.92 bits per heavy atom. The van der Waals surface area contributed by atoms with E-state index in [1.807, 2.05) is 24.3 Å². The van der Waals surface area contributed by atoms with Gasteiger partial charge in [-0.05, 0) is 41.6 Å². The molecule has 0 radical (unpaired) electrons. The molecule has 0 spiro atoms. The molecule has 118 valence electrons. The number of hydrogen-bond acceptors (Lipinski definition) is 5. The number of fused-ring (bicyclic) bond motifs is 1. The standard InChI is InChI=1S/C16H10BrN5O2/c17-11-4-5-13-10(6-11)8-14(24-13)16(23)18-12-3-1-2-9(7-12)15-19-21-22-20-15/h1-8H,(H,18,23)(H,19,20,21,22). The first kappa shape index (κ1) is 14.6. The van der Waals surface area contributed by atoms with Crippen molar-refractivity contribution in [1.29, 1.82) is 0 Å². The topological polar surface area (TPSA) is 96.7 Å². The second-order valence-electron chi connectivity index (χ2n) is 5.06. The Labute approximate surface area is 144 Å². The van der Waals surface area contributed by atoms with Gasteiger partial charge in [0.05, 0.1) is 0 Å². The van der Waals surface area contributed by atoms with Gasteiger partial charge < -0.3 is 9.73 Å². The number of hydrogen-bond donors (Lipinski definition) is 2. The lowest BCUT2D eigenvalue weighted by Crippen LogP contribution is -2.10. The predicted octanol–water partition coefficient (Wildman–Crippen LogP) is 3.63. The lowest BCUT2D eigenvalue weighted by Gasteiger charge is -2.04. The van der Waals surface area contributed by atoms with Gasteiger partial charge in [0.1, 0.15) is 5.58 Å². The molecule has 2 aromatic carbocycles. The molecule has 0 saturated carbocycles. The summed E-state index contributed by atoms with van der Waals surface area (Å²) in [6.45, 7) is 0. The number of furan rings is 1. The van der Waals surface area contributed by atoms with Gasteiger partial charge in [-0.3, -0.25) is 4.79 Å². The summed E-state index contributed by atoms with van der Waals surface area (Å²) in [5.74, 6) is 0.375. The zero-order valence-corrected chi connectivity index (χ0v) is 13.7. The van der Waals surface area contributed by atoms with Crippen molar-refractivity contribution in [3.8, 4) is 11.4 Å². The summed E-state index contributed by atoms with van der Waals surface area (Å²) >= 11 is 3.40. The van der Waals surface area contributed by atoms with Gasteiger partial charge in [-0.1, -0.05) is 28.1 Å². The first-order valence-electron chi connectivity index (χ1n) is 7.03. The Morgan fingerprint density at radius 1 is 1.17 bits per heavy atom. The molecule has 7 nitrogen and oxygen atoms in total. The van der Waals surface area contributed by atoms with E-state index in [1.165, 1.54) is 0 Å². The van der Waals surface area contributed by atoms with Crippen molar-refractivity contribution < 1.29 is 9.21 Å². The molecule has 0 unspecified atom stereocenters. The lowest BCUT2D eigenvalue weighted by molar-refractivity contribution is 0.0998. The Morgan fingerprint density at radius 2 is 2.08 bits per heavy atom. The fourth-order valence-corrected chi connectivity index (χ4v) is 2.72. The molecule has 0 aliphatic rings. The molecule has 24 heavy (non-hydrogen) atoms. The van der Waals surface area contributed by atoms with Crippen molar-refractivity contribution in [3.05, 3.63) is 58.8 Å². The van der Waals surface area contributed by atoms with Gasteiger partial charge in [0.2, 0.25) is 5.82 Å². The zero-order valence-electron chi connectivity index (χ0n) is 12.2. The van der Waals surface area contributed by atoms with E-state index in [4.69, 9.17) is 4.42 Å². The number of benzene rings is 2. The minimum Gasteiger partial charge on any atom is -0.451 e. The molecule has 0 aliphatic heterocycles. The van der Waals surface area contributed by atoms with Crippen LogP contribution in [0.3, 0.4) is 0 Å². The highest BCUT2D eigenvalue weighted by atomic mass is 79.9. The van der Waals surface area contributed by atoms with Crippen molar-refractivity contribution in [3.63, 3.8) is 0 Å². The van der Waals surface area contributed by atoms with Crippen molar-refractivity contribution in [2.24, 2.45) is 0 Å². The zero-order chi connectivity index (χ0) is 16.5. The number of nitrogens with one attached hydrogen (secondary N) is 2. The fourth-order valence-electron chi connectivity index (χ4n) is 2.34. The Balaban J connectivity index is 1.60. The van der Waals surface area contributed by atoms with Crippen molar-refractivity contribution in [2.75, 3.05) is 5.32 Å². The van der Waals surface area contributed by atoms with Crippen molar-refractivity contribution >= 4 is 38.5 Å². The third-order valence-corrected chi connectivity index (χ3v) is 3.92. The molecule has 1 amide bonds. The third-order valence-electron chi connectivity index (χ3n) is 3.43. The maximum Gasteiger partial charge on any atom is 0.291 e. The van der Waals surface area contributed by atoms with E-state index in [1.54, 1.807) is 24.3 Å². The molecule has 0 aliphatic carbocycles. The van der Waals surface area contributed by atoms with Crippen LogP contribution < -0.4 is 5.32 Å². The van der Waals surface area contributed by atoms with Crippen LogP contribution in [0.25, 0.3) is 22.4 Å². The number of anilines is 1. The highest BCUT2D eigenvalue weighted by molar-refractivity contribution is 9.10. The SMILES string of the molecule is O=C(Nc1cccc(-c2nn[nH]n2)c1)c1cc2cc(Br)ccc2o1. The Hall–Kier alpha value is -3.00. The first-order chi connectivity index (χ1) is 11.7. The van der Waals surface area contributed by atoms with Gasteiger partial charge in [0.15, 0.2) is 5.76 Å². The minimum absolute atomic E-state index is 0.244. The van der Waals surface area contributed by atoms with Crippen LogP contribution in [-0.2, 0) is 0 Å².